The van der Waals surface area contributed by atoms with E-state index in [1.165, 1.54) is 6.33 Å². The fourth-order valence-electron chi connectivity index (χ4n) is 2.51. The number of Topliss-reactive ketones (excluding diaryl/α,β-unsaturated/α-hetero) is 1. The van der Waals surface area contributed by atoms with Gasteiger partial charge in [-0.3, -0.25) is 4.79 Å². The monoisotopic (exact) mass is 378 g/mol. The number of nitrogens with one attached hydrogen (secondary N) is 2. The molecule has 0 saturated heterocycles. The van der Waals surface area contributed by atoms with E-state index in [1.54, 1.807) is 32.2 Å². The third-order valence-corrected chi connectivity index (χ3v) is 3.94. The van der Waals surface area contributed by atoms with Crippen molar-refractivity contribution in [3.63, 3.8) is 0 Å². The average Bonchev–Trinajstić information content (AvgIpc) is 2.72. The number of methoxy groups -OCH3 is 1. The molecule has 0 aliphatic heterocycles. The molecular weight excluding hydrogens is 356 g/mol. The zero-order chi connectivity index (χ0) is 19.8. The second kappa shape index (κ2) is 9.36. The van der Waals surface area contributed by atoms with E-state index < -0.39 is 0 Å². The lowest BCUT2D eigenvalue weighted by Crippen LogP contribution is -2.12. The van der Waals surface area contributed by atoms with E-state index in [1.807, 2.05) is 36.4 Å². The van der Waals surface area contributed by atoms with Gasteiger partial charge >= 0.3 is 0 Å². The Kier molecular flexibility index (Phi) is 6.41. The molecular formula is C21H22N4O3. The van der Waals surface area contributed by atoms with Crippen LogP contribution in [0.5, 0.6) is 11.5 Å². The second-order valence-corrected chi connectivity index (χ2v) is 6.00. The SMILES string of the molecule is COc1ccc(OCCNc2cc(Nc3cccc(C(C)=O)c3)ncn2)cc1. The van der Waals surface area contributed by atoms with Crippen LogP contribution >= 0.6 is 0 Å². The number of hydrogen-bond donors (Lipinski definition) is 2. The molecule has 0 spiro atoms. The van der Waals surface area contributed by atoms with Gasteiger partial charge in [0.1, 0.15) is 36.1 Å². The molecule has 0 radical (unpaired) electrons. The average molecular weight is 378 g/mol. The number of nitrogens with zero attached hydrogens (tertiary/aromatic N) is 2. The van der Waals surface area contributed by atoms with Crippen LogP contribution < -0.4 is 20.1 Å². The molecule has 0 amide bonds. The van der Waals surface area contributed by atoms with E-state index in [4.69, 9.17) is 9.47 Å². The molecule has 2 N–H and O–H groups in total. The number of benzene rings is 2. The molecule has 3 aromatic rings. The minimum absolute atomic E-state index is 0.0190. The van der Waals surface area contributed by atoms with Crippen molar-refractivity contribution in [2.45, 2.75) is 6.92 Å². The number of rotatable bonds is 9. The van der Waals surface area contributed by atoms with Crippen molar-refractivity contribution < 1.29 is 14.3 Å². The molecule has 1 aromatic heterocycles. The number of carbonyl (C=O) groups excluding carboxylic acids is 1. The van der Waals surface area contributed by atoms with Gasteiger partial charge in [0.15, 0.2) is 5.78 Å². The largest absolute Gasteiger partial charge is 0.497 e. The summed E-state index contributed by atoms with van der Waals surface area (Å²) in [5.41, 5.74) is 1.44. The summed E-state index contributed by atoms with van der Waals surface area (Å²) in [5.74, 6) is 2.90. The van der Waals surface area contributed by atoms with Gasteiger partial charge in [0.25, 0.3) is 0 Å². The van der Waals surface area contributed by atoms with E-state index in [0.717, 1.165) is 17.2 Å². The van der Waals surface area contributed by atoms with Crippen LogP contribution in [-0.4, -0.2) is 36.0 Å². The van der Waals surface area contributed by atoms with Gasteiger partial charge in [0.05, 0.1) is 13.7 Å². The van der Waals surface area contributed by atoms with Gasteiger partial charge in [0, 0.05) is 17.3 Å². The van der Waals surface area contributed by atoms with Crippen LogP contribution in [-0.2, 0) is 0 Å². The molecule has 0 unspecified atom stereocenters. The Morgan fingerprint density at radius 3 is 2.50 bits per heavy atom. The van der Waals surface area contributed by atoms with Crippen LogP contribution in [0.1, 0.15) is 17.3 Å². The first-order chi connectivity index (χ1) is 13.6. The summed E-state index contributed by atoms with van der Waals surface area (Å²) >= 11 is 0. The van der Waals surface area contributed by atoms with Crippen molar-refractivity contribution in [1.29, 1.82) is 0 Å². The Hall–Kier alpha value is -3.61. The van der Waals surface area contributed by atoms with E-state index >= 15 is 0 Å². The van der Waals surface area contributed by atoms with Gasteiger partial charge in [-0.1, -0.05) is 12.1 Å². The molecule has 0 saturated carbocycles. The van der Waals surface area contributed by atoms with Crippen molar-refractivity contribution in [2.75, 3.05) is 30.9 Å². The summed E-state index contributed by atoms with van der Waals surface area (Å²) in [7, 11) is 1.63. The van der Waals surface area contributed by atoms with Crippen LogP contribution in [0, 0.1) is 0 Å². The molecule has 3 rings (SSSR count). The van der Waals surface area contributed by atoms with E-state index in [-0.39, 0.29) is 5.78 Å². The second-order valence-electron chi connectivity index (χ2n) is 6.00. The summed E-state index contributed by atoms with van der Waals surface area (Å²) in [5, 5.41) is 6.38. The van der Waals surface area contributed by atoms with Crippen molar-refractivity contribution >= 4 is 23.1 Å². The predicted molar refractivity (Wildman–Crippen MR) is 109 cm³/mol. The maximum Gasteiger partial charge on any atom is 0.159 e. The lowest BCUT2D eigenvalue weighted by molar-refractivity contribution is 0.101. The Balaban J connectivity index is 1.51. The lowest BCUT2D eigenvalue weighted by Gasteiger charge is -2.10. The number of anilines is 3. The van der Waals surface area contributed by atoms with Crippen LogP contribution in [0.2, 0.25) is 0 Å². The highest BCUT2D eigenvalue weighted by Gasteiger charge is 2.03. The summed E-state index contributed by atoms with van der Waals surface area (Å²) in [6.45, 7) is 2.61. The molecule has 7 nitrogen and oxygen atoms in total. The van der Waals surface area contributed by atoms with Crippen LogP contribution in [0.3, 0.4) is 0 Å². The molecule has 0 bridgehead atoms. The molecule has 144 valence electrons. The molecule has 0 aliphatic carbocycles. The van der Waals surface area contributed by atoms with Gasteiger partial charge in [0.2, 0.25) is 0 Å². The summed E-state index contributed by atoms with van der Waals surface area (Å²) in [4.78, 5) is 19.9. The smallest absolute Gasteiger partial charge is 0.159 e. The fraction of sp³-hybridized carbons (Fsp3) is 0.190. The van der Waals surface area contributed by atoms with Gasteiger partial charge in [-0.25, -0.2) is 9.97 Å². The van der Waals surface area contributed by atoms with Gasteiger partial charge in [-0.15, -0.1) is 0 Å². The standard InChI is InChI=1S/C21H22N4O3/c1-15(26)16-4-3-5-17(12-16)25-21-13-20(23-14-24-21)22-10-11-28-19-8-6-18(27-2)7-9-19/h3-9,12-14H,10-11H2,1-2H3,(H2,22,23,24,25). The summed E-state index contributed by atoms with van der Waals surface area (Å²) < 4.78 is 10.8. The van der Waals surface area contributed by atoms with Crippen LogP contribution in [0.15, 0.2) is 60.9 Å². The van der Waals surface area contributed by atoms with Gasteiger partial charge in [-0.2, -0.15) is 0 Å². The highest BCUT2D eigenvalue weighted by atomic mass is 16.5. The minimum atomic E-state index is 0.0190. The molecule has 1 heterocycles. The Bertz CT molecular complexity index is 929. The minimum Gasteiger partial charge on any atom is -0.497 e. The normalized spacial score (nSPS) is 10.2. The van der Waals surface area contributed by atoms with Crippen molar-refractivity contribution in [1.82, 2.24) is 9.97 Å². The summed E-state index contributed by atoms with van der Waals surface area (Å²) in [6, 6.07) is 16.5. The first-order valence-corrected chi connectivity index (χ1v) is 8.85. The first-order valence-electron chi connectivity index (χ1n) is 8.85. The third kappa shape index (κ3) is 5.44. The lowest BCUT2D eigenvalue weighted by atomic mass is 10.1. The number of hydrogen-bond acceptors (Lipinski definition) is 7. The highest BCUT2D eigenvalue weighted by Crippen LogP contribution is 2.18. The van der Waals surface area contributed by atoms with E-state index in [9.17, 15) is 4.79 Å². The number of aromatic nitrogens is 2. The maximum atomic E-state index is 11.5. The first kappa shape index (κ1) is 19.2. The molecule has 0 aliphatic rings. The van der Waals surface area contributed by atoms with Gasteiger partial charge < -0.3 is 20.1 Å². The van der Waals surface area contributed by atoms with Crippen molar-refractivity contribution in [3.05, 3.63) is 66.5 Å². The molecule has 0 fully saturated rings. The molecule has 7 heteroatoms. The topological polar surface area (TPSA) is 85.4 Å². The van der Waals surface area contributed by atoms with Crippen molar-refractivity contribution in [2.24, 2.45) is 0 Å². The van der Waals surface area contributed by atoms with Gasteiger partial charge in [-0.05, 0) is 43.3 Å². The van der Waals surface area contributed by atoms with E-state index in [2.05, 4.69) is 20.6 Å². The maximum absolute atomic E-state index is 11.5. The summed E-state index contributed by atoms with van der Waals surface area (Å²) in [6.07, 6.45) is 1.48. The zero-order valence-corrected chi connectivity index (χ0v) is 15.8. The highest BCUT2D eigenvalue weighted by molar-refractivity contribution is 5.95. The quantitative estimate of drug-likeness (QED) is 0.431. The molecule has 28 heavy (non-hydrogen) atoms. The Morgan fingerprint density at radius 2 is 1.75 bits per heavy atom. The van der Waals surface area contributed by atoms with Crippen LogP contribution in [0.4, 0.5) is 17.3 Å². The number of carbonyl (C=O) groups is 1. The van der Waals surface area contributed by atoms with Crippen molar-refractivity contribution in [3.8, 4) is 11.5 Å². The number of ketones is 1. The molecule has 0 atom stereocenters. The zero-order valence-electron chi connectivity index (χ0n) is 15.8. The van der Waals surface area contributed by atoms with E-state index in [0.29, 0.717) is 30.4 Å². The molecule has 2 aromatic carbocycles. The Morgan fingerprint density at radius 1 is 1.00 bits per heavy atom. The van der Waals surface area contributed by atoms with Crippen LogP contribution in [0.25, 0.3) is 0 Å². The predicted octanol–water partition coefficient (Wildman–Crippen LogP) is 3.92. The Labute approximate surface area is 163 Å². The fourth-order valence-corrected chi connectivity index (χ4v) is 2.51. The number of ether oxygens (including phenoxy) is 2. The third-order valence-electron chi connectivity index (χ3n) is 3.94.